The molecule has 150 valence electrons. The van der Waals surface area contributed by atoms with Crippen LogP contribution in [0.5, 0.6) is 0 Å². The van der Waals surface area contributed by atoms with Gasteiger partial charge in [0.05, 0.1) is 29.5 Å². The van der Waals surface area contributed by atoms with Crippen LogP contribution < -0.4 is 10.2 Å². The minimum Gasteiger partial charge on any atom is -0.378 e. The van der Waals surface area contributed by atoms with E-state index in [2.05, 4.69) is 10.3 Å². The number of rotatable bonds is 3. The summed E-state index contributed by atoms with van der Waals surface area (Å²) in [7, 11) is 0. The number of thioether (sulfide) groups is 1. The fourth-order valence-electron chi connectivity index (χ4n) is 3.13. The highest BCUT2D eigenvalue weighted by molar-refractivity contribution is 8.18. The van der Waals surface area contributed by atoms with Gasteiger partial charge in [-0.15, -0.1) is 0 Å². The number of hydrogen-bond donors (Lipinski definition) is 1. The van der Waals surface area contributed by atoms with Crippen LogP contribution in [-0.2, 0) is 9.53 Å². The second-order valence-corrected chi connectivity index (χ2v) is 8.11. The predicted octanol–water partition coefficient (Wildman–Crippen LogP) is 4.52. The van der Waals surface area contributed by atoms with Gasteiger partial charge in [0.2, 0.25) is 0 Å². The van der Waals surface area contributed by atoms with Gasteiger partial charge in [0, 0.05) is 18.1 Å². The number of hydrogen-bond acceptors (Lipinski definition) is 5. The Hall–Kier alpha value is -2.35. The van der Waals surface area contributed by atoms with Crippen molar-refractivity contribution in [1.82, 2.24) is 5.32 Å². The molecule has 2 heterocycles. The maximum absolute atomic E-state index is 14.6. The molecule has 0 atom stereocenters. The van der Waals surface area contributed by atoms with Crippen molar-refractivity contribution in [1.29, 1.82) is 0 Å². The zero-order chi connectivity index (χ0) is 20.4. The highest BCUT2D eigenvalue weighted by atomic mass is 35.5. The van der Waals surface area contributed by atoms with Crippen molar-refractivity contribution in [3.8, 4) is 0 Å². The number of benzene rings is 2. The van der Waals surface area contributed by atoms with Crippen LogP contribution in [-0.4, -0.2) is 37.4 Å². The summed E-state index contributed by atoms with van der Waals surface area (Å²) in [5, 5.41) is 3.83. The Morgan fingerprint density at radius 1 is 1.28 bits per heavy atom. The van der Waals surface area contributed by atoms with E-state index in [1.54, 1.807) is 18.2 Å². The van der Waals surface area contributed by atoms with Gasteiger partial charge in [0.15, 0.2) is 5.17 Å². The lowest BCUT2D eigenvalue weighted by atomic mass is 10.1. The van der Waals surface area contributed by atoms with Gasteiger partial charge in [-0.2, -0.15) is 0 Å². The van der Waals surface area contributed by atoms with Crippen molar-refractivity contribution in [2.45, 2.75) is 6.92 Å². The number of carbonyl (C=O) groups is 1. The van der Waals surface area contributed by atoms with Crippen LogP contribution in [0.15, 0.2) is 46.3 Å². The molecule has 0 spiro atoms. The summed E-state index contributed by atoms with van der Waals surface area (Å²) in [4.78, 5) is 19.2. The summed E-state index contributed by atoms with van der Waals surface area (Å²) < 4.78 is 19.9. The average Bonchev–Trinajstić information content (AvgIpc) is 3.05. The number of amidine groups is 1. The molecule has 2 aliphatic heterocycles. The van der Waals surface area contributed by atoms with Crippen LogP contribution in [0, 0.1) is 12.7 Å². The first-order valence-corrected chi connectivity index (χ1v) is 10.4. The van der Waals surface area contributed by atoms with Gasteiger partial charge in [0.1, 0.15) is 5.82 Å². The Morgan fingerprint density at radius 3 is 2.83 bits per heavy atom. The van der Waals surface area contributed by atoms with Crippen LogP contribution in [0.25, 0.3) is 6.08 Å². The number of aliphatic imine (C=N–C) groups is 1. The molecule has 4 rings (SSSR count). The molecule has 2 fully saturated rings. The number of ether oxygens (including phenoxy) is 1. The fourth-order valence-corrected chi connectivity index (χ4v) is 4.14. The number of nitrogens with one attached hydrogen (secondary N) is 1. The Bertz CT molecular complexity index is 1020. The molecule has 2 aromatic carbocycles. The largest absolute Gasteiger partial charge is 0.378 e. The molecule has 2 saturated heterocycles. The monoisotopic (exact) mass is 431 g/mol. The molecule has 0 radical (unpaired) electrons. The SMILES string of the molecule is Cc1c(Cl)cccc1N=C1NC(=O)/C(=C/c2ccc(N3CCOCC3)c(F)c2)S1. The lowest BCUT2D eigenvalue weighted by Gasteiger charge is -2.29. The maximum atomic E-state index is 14.6. The van der Waals surface area contributed by atoms with Crippen molar-refractivity contribution in [2.24, 2.45) is 4.99 Å². The van der Waals surface area contributed by atoms with E-state index in [9.17, 15) is 9.18 Å². The van der Waals surface area contributed by atoms with Crippen LogP contribution in [0.2, 0.25) is 5.02 Å². The van der Waals surface area contributed by atoms with Gasteiger partial charge in [-0.3, -0.25) is 4.79 Å². The molecular weight excluding hydrogens is 413 g/mol. The molecule has 29 heavy (non-hydrogen) atoms. The number of nitrogens with zero attached hydrogens (tertiary/aromatic N) is 2. The first kappa shape index (κ1) is 19.9. The third-order valence-corrected chi connectivity index (χ3v) is 6.05. The summed E-state index contributed by atoms with van der Waals surface area (Å²) in [6.07, 6.45) is 1.67. The molecule has 0 unspecified atom stereocenters. The van der Waals surface area contributed by atoms with Gasteiger partial charge in [-0.05, 0) is 60.2 Å². The Kier molecular flexibility index (Phi) is 5.89. The van der Waals surface area contributed by atoms with Gasteiger partial charge >= 0.3 is 0 Å². The molecule has 0 aliphatic carbocycles. The number of carbonyl (C=O) groups excluding carboxylic acids is 1. The van der Waals surface area contributed by atoms with Crippen LogP contribution >= 0.6 is 23.4 Å². The van der Waals surface area contributed by atoms with Gasteiger partial charge in [-0.1, -0.05) is 23.7 Å². The Balaban J connectivity index is 1.54. The van der Waals surface area contributed by atoms with Crippen LogP contribution in [0.1, 0.15) is 11.1 Å². The Morgan fingerprint density at radius 2 is 2.07 bits per heavy atom. The molecule has 1 N–H and O–H groups in total. The van der Waals surface area contributed by atoms with E-state index in [-0.39, 0.29) is 11.7 Å². The lowest BCUT2D eigenvalue weighted by Crippen LogP contribution is -2.36. The van der Waals surface area contributed by atoms with E-state index in [0.29, 0.717) is 58.3 Å². The normalized spacial score (nSPS) is 19.8. The van der Waals surface area contributed by atoms with Crippen molar-refractivity contribution in [3.05, 3.63) is 63.3 Å². The average molecular weight is 432 g/mol. The second kappa shape index (κ2) is 8.57. The zero-order valence-corrected chi connectivity index (χ0v) is 17.3. The van der Waals surface area contributed by atoms with Gasteiger partial charge in [-0.25, -0.2) is 9.38 Å². The first-order chi connectivity index (χ1) is 14.0. The van der Waals surface area contributed by atoms with E-state index in [1.807, 2.05) is 30.0 Å². The summed E-state index contributed by atoms with van der Waals surface area (Å²) in [5.74, 6) is -0.570. The quantitative estimate of drug-likeness (QED) is 0.726. The molecule has 5 nitrogen and oxygen atoms in total. The molecule has 0 aromatic heterocycles. The zero-order valence-electron chi connectivity index (χ0n) is 15.7. The van der Waals surface area contributed by atoms with Crippen molar-refractivity contribution >= 4 is 51.9 Å². The van der Waals surface area contributed by atoms with E-state index in [1.165, 1.54) is 17.8 Å². The van der Waals surface area contributed by atoms with Crippen molar-refractivity contribution in [3.63, 3.8) is 0 Å². The molecule has 0 bridgehead atoms. The predicted molar refractivity (Wildman–Crippen MR) is 116 cm³/mol. The van der Waals surface area contributed by atoms with Crippen molar-refractivity contribution < 1.29 is 13.9 Å². The molecule has 2 aliphatic rings. The summed E-state index contributed by atoms with van der Waals surface area (Å²) in [6.45, 7) is 4.39. The molecule has 1 amide bonds. The summed E-state index contributed by atoms with van der Waals surface area (Å²) in [6, 6.07) is 10.4. The molecule has 8 heteroatoms. The smallest absolute Gasteiger partial charge is 0.264 e. The maximum Gasteiger partial charge on any atom is 0.264 e. The summed E-state index contributed by atoms with van der Waals surface area (Å²) >= 11 is 7.35. The summed E-state index contributed by atoms with van der Waals surface area (Å²) in [5.41, 5.74) is 2.71. The molecule has 2 aromatic rings. The van der Waals surface area contributed by atoms with E-state index < -0.39 is 0 Å². The second-order valence-electron chi connectivity index (χ2n) is 6.68. The van der Waals surface area contributed by atoms with E-state index >= 15 is 0 Å². The van der Waals surface area contributed by atoms with Crippen molar-refractivity contribution in [2.75, 3.05) is 31.2 Å². The van der Waals surface area contributed by atoms with Gasteiger partial charge in [0.25, 0.3) is 5.91 Å². The van der Waals surface area contributed by atoms with E-state index in [4.69, 9.17) is 16.3 Å². The lowest BCUT2D eigenvalue weighted by molar-refractivity contribution is -0.115. The minimum atomic E-state index is -0.312. The number of amides is 1. The van der Waals surface area contributed by atoms with Crippen LogP contribution in [0.3, 0.4) is 0 Å². The molecular formula is C21H19ClFN3O2S. The Labute approximate surface area is 177 Å². The highest BCUT2D eigenvalue weighted by Gasteiger charge is 2.24. The third-order valence-electron chi connectivity index (χ3n) is 4.73. The molecule has 0 saturated carbocycles. The number of morpholine rings is 1. The van der Waals surface area contributed by atoms with E-state index in [0.717, 1.165) is 5.56 Å². The number of halogens is 2. The minimum absolute atomic E-state index is 0.258. The first-order valence-electron chi connectivity index (χ1n) is 9.18. The van der Waals surface area contributed by atoms with Crippen LogP contribution in [0.4, 0.5) is 15.8 Å². The highest BCUT2D eigenvalue weighted by Crippen LogP contribution is 2.31. The standard InChI is InChI=1S/C21H19ClFN3O2S/c1-13-15(22)3-2-4-17(13)24-21-25-20(27)19(29-21)12-14-5-6-18(16(23)11-14)26-7-9-28-10-8-26/h2-6,11-12H,7-10H2,1H3,(H,24,25,27)/b19-12-. The fraction of sp³-hybridized carbons (Fsp3) is 0.238. The van der Waals surface area contributed by atoms with Gasteiger partial charge < -0.3 is 15.0 Å². The topological polar surface area (TPSA) is 53.9 Å². The third kappa shape index (κ3) is 4.47. The number of anilines is 1.